The highest BCUT2D eigenvalue weighted by Gasteiger charge is 2.40. The van der Waals surface area contributed by atoms with E-state index in [1.165, 1.54) is 12.8 Å². The van der Waals surface area contributed by atoms with Gasteiger partial charge in [0, 0.05) is 30.8 Å². The Bertz CT molecular complexity index is 515. The number of benzene rings is 1. The Morgan fingerprint density at radius 1 is 1.15 bits per heavy atom. The van der Waals surface area contributed by atoms with E-state index in [4.69, 9.17) is 14.2 Å². The van der Waals surface area contributed by atoms with Crippen LogP contribution in [0.1, 0.15) is 24.8 Å². The Hall–Kier alpha value is -1.46. The third-order valence-electron chi connectivity index (χ3n) is 4.35. The van der Waals surface area contributed by atoms with E-state index in [0.717, 1.165) is 24.5 Å². The molecular formula is C15H19NO4. The molecule has 5 heteroatoms. The molecule has 0 radical (unpaired) electrons. The van der Waals surface area contributed by atoms with Crippen molar-refractivity contribution < 1.29 is 19.3 Å². The summed E-state index contributed by atoms with van der Waals surface area (Å²) >= 11 is 0. The first-order valence-corrected chi connectivity index (χ1v) is 7.28. The van der Waals surface area contributed by atoms with Gasteiger partial charge in [-0.3, -0.25) is 0 Å². The molecule has 1 saturated carbocycles. The predicted molar refractivity (Wildman–Crippen MR) is 71.9 cm³/mol. The van der Waals surface area contributed by atoms with Gasteiger partial charge in [0.2, 0.25) is 6.79 Å². The van der Waals surface area contributed by atoms with Gasteiger partial charge in [-0.05, 0) is 31.2 Å². The van der Waals surface area contributed by atoms with Crippen molar-refractivity contribution in [3.8, 4) is 17.2 Å². The summed E-state index contributed by atoms with van der Waals surface area (Å²) in [5.41, 5.74) is 0.843. The first kappa shape index (κ1) is 12.3. The molecule has 2 heterocycles. The summed E-state index contributed by atoms with van der Waals surface area (Å²) in [6.45, 7) is 1.69. The molecule has 2 atom stereocenters. The number of nitrogens with one attached hydrogen (secondary N) is 1. The lowest BCUT2D eigenvalue weighted by molar-refractivity contribution is 0.0808. The highest BCUT2D eigenvalue weighted by Crippen LogP contribution is 2.40. The minimum Gasteiger partial charge on any atom is -0.507 e. The van der Waals surface area contributed by atoms with E-state index < -0.39 is 0 Å². The van der Waals surface area contributed by atoms with Gasteiger partial charge in [0.05, 0.1) is 6.10 Å². The fraction of sp³-hybridized carbons (Fsp3) is 0.600. The molecule has 0 aromatic heterocycles. The van der Waals surface area contributed by atoms with Crippen molar-refractivity contribution in [3.05, 3.63) is 17.7 Å². The number of hydrogen-bond acceptors (Lipinski definition) is 5. The molecule has 4 rings (SSSR count). The molecule has 20 heavy (non-hydrogen) atoms. The van der Waals surface area contributed by atoms with Crippen LogP contribution >= 0.6 is 0 Å². The van der Waals surface area contributed by atoms with E-state index >= 15 is 0 Å². The molecule has 5 nitrogen and oxygen atoms in total. The van der Waals surface area contributed by atoms with E-state index in [1.54, 1.807) is 6.07 Å². The summed E-state index contributed by atoms with van der Waals surface area (Å²) in [5, 5.41) is 13.5. The number of fused-ring (bicyclic) bond motifs is 1. The second-order valence-electron chi connectivity index (χ2n) is 5.78. The van der Waals surface area contributed by atoms with Gasteiger partial charge >= 0.3 is 0 Å². The zero-order valence-electron chi connectivity index (χ0n) is 11.3. The lowest BCUT2D eigenvalue weighted by Gasteiger charge is -2.20. The van der Waals surface area contributed by atoms with Crippen LogP contribution in [0.3, 0.4) is 0 Å². The van der Waals surface area contributed by atoms with Gasteiger partial charge in [-0.1, -0.05) is 0 Å². The van der Waals surface area contributed by atoms with Crippen LogP contribution in [0.15, 0.2) is 12.1 Å². The van der Waals surface area contributed by atoms with Gasteiger partial charge in [-0.2, -0.15) is 0 Å². The lowest BCUT2D eigenvalue weighted by atomic mass is 10.1. The largest absolute Gasteiger partial charge is 0.507 e. The van der Waals surface area contributed by atoms with Gasteiger partial charge in [0.15, 0.2) is 11.5 Å². The maximum Gasteiger partial charge on any atom is 0.231 e. The summed E-state index contributed by atoms with van der Waals surface area (Å²) in [6, 6.07) is 3.88. The first-order valence-electron chi connectivity index (χ1n) is 7.28. The second kappa shape index (κ2) is 4.82. The van der Waals surface area contributed by atoms with Crippen LogP contribution in [0.4, 0.5) is 0 Å². The average molecular weight is 277 g/mol. The summed E-state index contributed by atoms with van der Waals surface area (Å²) < 4.78 is 16.4. The molecule has 2 N–H and O–H groups in total. The fourth-order valence-corrected chi connectivity index (χ4v) is 3.08. The SMILES string of the molecule is Oc1cc2c(cc1CNC1CCOC1C1CC1)OCO2. The number of phenolic OH excluding ortho intramolecular Hbond substituents is 1. The third-order valence-corrected chi connectivity index (χ3v) is 4.35. The van der Waals surface area contributed by atoms with Crippen molar-refractivity contribution in [1.29, 1.82) is 0 Å². The minimum absolute atomic E-state index is 0.228. The van der Waals surface area contributed by atoms with Gasteiger partial charge in [0.25, 0.3) is 0 Å². The number of phenols is 1. The average Bonchev–Trinajstić information content (AvgIpc) is 3.01. The topological polar surface area (TPSA) is 60.0 Å². The highest BCUT2D eigenvalue weighted by molar-refractivity contribution is 5.51. The molecule has 0 amide bonds. The van der Waals surface area contributed by atoms with Gasteiger partial charge in [-0.25, -0.2) is 0 Å². The van der Waals surface area contributed by atoms with E-state index in [0.29, 0.717) is 30.2 Å². The van der Waals surface area contributed by atoms with Gasteiger partial charge < -0.3 is 24.6 Å². The Kier molecular flexibility index (Phi) is 2.97. The van der Waals surface area contributed by atoms with Crippen molar-refractivity contribution in [2.75, 3.05) is 13.4 Å². The Labute approximate surface area is 117 Å². The number of aromatic hydroxyl groups is 1. The molecular weight excluding hydrogens is 258 g/mol. The zero-order chi connectivity index (χ0) is 13.5. The van der Waals surface area contributed by atoms with Crippen molar-refractivity contribution in [2.24, 2.45) is 5.92 Å². The molecule has 1 aromatic carbocycles. The van der Waals surface area contributed by atoms with Gasteiger partial charge in [0.1, 0.15) is 5.75 Å². The van der Waals surface area contributed by atoms with Gasteiger partial charge in [-0.15, -0.1) is 0 Å². The van der Waals surface area contributed by atoms with E-state index in [2.05, 4.69) is 5.32 Å². The maximum absolute atomic E-state index is 10.0. The van der Waals surface area contributed by atoms with Crippen molar-refractivity contribution in [2.45, 2.75) is 38.0 Å². The zero-order valence-corrected chi connectivity index (χ0v) is 11.3. The van der Waals surface area contributed by atoms with Crippen LogP contribution in [0.5, 0.6) is 17.2 Å². The molecule has 0 bridgehead atoms. The molecule has 2 fully saturated rings. The minimum atomic E-state index is 0.228. The third kappa shape index (κ3) is 2.21. The number of ether oxygens (including phenoxy) is 3. The molecule has 2 aliphatic heterocycles. The molecule has 0 spiro atoms. The smallest absolute Gasteiger partial charge is 0.231 e. The highest BCUT2D eigenvalue weighted by atomic mass is 16.7. The summed E-state index contributed by atoms with van der Waals surface area (Å²) in [4.78, 5) is 0. The molecule has 3 aliphatic rings. The van der Waals surface area contributed by atoms with Crippen LogP contribution in [0, 0.1) is 5.92 Å². The lowest BCUT2D eigenvalue weighted by Crippen LogP contribution is -2.37. The predicted octanol–water partition coefficient (Wildman–Crippen LogP) is 1.78. The van der Waals surface area contributed by atoms with Crippen LogP contribution in [-0.4, -0.2) is 30.7 Å². The fourth-order valence-electron chi connectivity index (χ4n) is 3.08. The second-order valence-corrected chi connectivity index (χ2v) is 5.78. The Morgan fingerprint density at radius 3 is 2.75 bits per heavy atom. The van der Waals surface area contributed by atoms with Crippen LogP contribution in [0.25, 0.3) is 0 Å². The summed E-state index contributed by atoms with van der Waals surface area (Å²) in [5.74, 6) is 2.32. The van der Waals surface area contributed by atoms with Crippen molar-refractivity contribution in [1.82, 2.24) is 5.32 Å². The molecule has 2 unspecified atom stereocenters. The van der Waals surface area contributed by atoms with E-state index in [9.17, 15) is 5.11 Å². The summed E-state index contributed by atoms with van der Waals surface area (Å²) in [7, 11) is 0. The summed E-state index contributed by atoms with van der Waals surface area (Å²) in [6.07, 6.45) is 3.98. The Morgan fingerprint density at radius 2 is 1.95 bits per heavy atom. The standard InChI is InChI=1S/C15H19NO4/c17-12-6-14-13(19-8-20-14)5-10(12)7-16-11-3-4-18-15(11)9-1-2-9/h5-6,9,11,15-17H,1-4,7-8H2. The van der Waals surface area contributed by atoms with Crippen molar-refractivity contribution in [3.63, 3.8) is 0 Å². The normalized spacial score (nSPS) is 28.0. The van der Waals surface area contributed by atoms with E-state index in [1.807, 2.05) is 6.07 Å². The van der Waals surface area contributed by atoms with E-state index in [-0.39, 0.29) is 12.5 Å². The molecule has 1 aromatic rings. The monoisotopic (exact) mass is 277 g/mol. The molecule has 1 saturated heterocycles. The maximum atomic E-state index is 10.0. The Balaban J connectivity index is 1.44. The number of hydrogen-bond donors (Lipinski definition) is 2. The van der Waals surface area contributed by atoms with Crippen molar-refractivity contribution >= 4 is 0 Å². The van der Waals surface area contributed by atoms with Crippen LogP contribution in [-0.2, 0) is 11.3 Å². The number of rotatable bonds is 4. The van der Waals surface area contributed by atoms with Crippen LogP contribution in [0.2, 0.25) is 0 Å². The molecule has 1 aliphatic carbocycles. The molecule has 108 valence electrons. The quantitative estimate of drug-likeness (QED) is 0.878. The van der Waals surface area contributed by atoms with Crippen LogP contribution < -0.4 is 14.8 Å². The first-order chi connectivity index (χ1) is 9.81.